The molecule has 3 nitrogen and oxygen atoms in total. The van der Waals surface area contributed by atoms with Gasteiger partial charge in [0.2, 0.25) is 0 Å². The van der Waals surface area contributed by atoms with Gasteiger partial charge >= 0.3 is 0 Å². The number of aryl methyl sites for hydroxylation is 3. The molecule has 0 saturated carbocycles. The molecule has 2 rings (SSSR count). The van der Waals surface area contributed by atoms with E-state index in [1.807, 2.05) is 36.9 Å². The first-order chi connectivity index (χ1) is 6.68. The first-order valence-corrected chi connectivity index (χ1v) is 4.63. The zero-order chi connectivity index (χ0) is 10.1. The van der Waals surface area contributed by atoms with Gasteiger partial charge in [-0.1, -0.05) is 0 Å². The van der Waals surface area contributed by atoms with E-state index in [1.165, 1.54) is 5.56 Å². The lowest BCUT2D eigenvalue weighted by molar-refractivity contribution is 0.846. The molecule has 0 unspecified atom stereocenters. The Hall–Kier alpha value is -1.64. The maximum absolute atomic E-state index is 4.42. The molecule has 2 aromatic heterocycles. The lowest BCUT2D eigenvalue weighted by Gasteiger charge is -2.03. The van der Waals surface area contributed by atoms with Crippen molar-refractivity contribution < 1.29 is 0 Å². The van der Waals surface area contributed by atoms with Crippen molar-refractivity contribution in [1.82, 2.24) is 14.8 Å². The van der Waals surface area contributed by atoms with E-state index in [9.17, 15) is 0 Å². The summed E-state index contributed by atoms with van der Waals surface area (Å²) in [6, 6.07) is 3.95. The molecular weight excluding hydrogens is 174 g/mol. The fourth-order valence-electron chi connectivity index (χ4n) is 1.39. The van der Waals surface area contributed by atoms with E-state index in [1.54, 1.807) is 6.20 Å². The largest absolute Gasteiger partial charge is 0.259 e. The van der Waals surface area contributed by atoms with Gasteiger partial charge in [-0.3, -0.25) is 4.98 Å². The van der Waals surface area contributed by atoms with E-state index in [0.717, 1.165) is 17.1 Å². The fraction of sp³-hybridized carbons (Fsp3) is 0.273. The topological polar surface area (TPSA) is 30.7 Å². The van der Waals surface area contributed by atoms with E-state index in [2.05, 4.69) is 17.0 Å². The lowest BCUT2D eigenvalue weighted by Crippen LogP contribution is -1.98. The van der Waals surface area contributed by atoms with Crippen LogP contribution in [0.1, 0.15) is 17.0 Å². The average molecular weight is 187 g/mol. The number of hydrogen-bond acceptors (Lipinski definition) is 2. The molecule has 72 valence electrons. The van der Waals surface area contributed by atoms with Gasteiger partial charge in [-0.15, -0.1) is 0 Å². The molecule has 0 atom stereocenters. The Morgan fingerprint density at radius 1 is 1.14 bits per heavy atom. The van der Waals surface area contributed by atoms with Crippen LogP contribution in [0.3, 0.4) is 0 Å². The van der Waals surface area contributed by atoms with Crippen molar-refractivity contribution in [2.45, 2.75) is 20.8 Å². The molecule has 3 heteroatoms. The number of nitrogens with zero attached hydrogens (tertiary/aromatic N) is 3. The van der Waals surface area contributed by atoms with Crippen LogP contribution in [0.5, 0.6) is 0 Å². The molecule has 0 aliphatic rings. The van der Waals surface area contributed by atoms with Crippen molar-refractivity contribution >= 4 is 0 Å². The van der Waals surface area contributed by atoms with E-state index >= 15 is 0 Å². The molecule has 0 aliphatic carbocycles. The second kappa shape index (κ2) is 3.25. The molecule has 0 N–H and O–H groups in total. The minimum absolute atomic E-state index is 0.995. The Kier molecular flexibility index (Phi) is 2.08. The smallest absolute Gasteiger partial charge is 0.0858 e. The van der Waals surface area contributed by atoms with Crippen LogP contribution in [0.2, 0.25) is 0 Å². The molecule has 0 amide bonds. The van der Waals surface area contributed by atoms with E-state index in [4.69, 9.17) is 0 Å². The predicted molar refractivity (Wildman–Crippen MR) is 55.6 cm³/mol. The van der Waals surface area contributed by atoms with Gasteiger partial charge in [0.05, 0.1) is 17.1 Å². The summed E-state index contributed by atoms with van der Waals surface area (Å²) < 4.78 is 1.88. The van der Waals surface area contributed by atoms with Crippen LogP contribution in [0.4, 0.5) is 0 Å². The molecule has 14 heavy (non-hydrogen) atoms. The van der Waals surface area contributed by atoms with E-state index in [0.29, 0.717) is 0 Å². The highest BCUT2D eigenvalue weighted by Crippen LogP contribution is 2.12. The molecule has 0 spiro atoms. The summed E-state index contributed by atoms with van der Waals surface area (Å²) in [4.78, 5) is 4.23. The van der Waals surface area contributed by atoms with Crippen LogP contribution in [-0.2, 0) is 0 Å². The molecule has 2 heterocycles. The number of aromatic nitrogens is 3. The number of rotatable bonds is 1. The summed E-state index contributed by atoms with van der Waals surface area (Å²) in [6.07, 6.45) is 3.82. The molecule has 0 saturated heterocycles. The van der Waals surface area contributed by atoms with Crippen LogP contribution in [0.15, 0.2) is 24.5 Å². The van der Waals surface area contributed by atoms with Crippen molar-refractivity contribution in [3.63, 3.8) is 0 Å². The summed E-state index contributed by atoms with van der Waals surface area (Å²) in [7, 11) is 0. The zero-order valence-corrected chi connectivity index (χ0v) is 8.65. The van der Waals surface area contributed by atoms with Crippen LogP contribution in [0.25, 0.3) is 5.69 Å². The van der Waals surface area contributed by atoms with Crippen molar-refractivity contribution in [2.24, 2.45) is 0 Å². The van der Waals surface area contributed by atoms with Crippen molar-refractivity contribution in [3.8, 4) is 5.69 Å². The highest BCUT2D eigenvalue weighted by atomic mass is 15.3. The Balaban J connectivity index is 2.55. The number of pyridine rings is 1. The molecular formula is C11H13N3. The van der Waals surface area contributed by atoms with Crippen molar-refractivity contribution in [2.75, 3.05) is 0 Å². The zero-order valence-electron chi connectivity index (χ0n) is 8.65. The SMILES string of the molecule is Cc1cn(-c2cccnc2C)nc1C. The van der Waals surface area contributed by atoms with E-state index < -0.39 is 0 Å². The van der Waals surface area contributed by atoms with Crippen LogP contribution < -0.4 is 0 Å². The first kappa shape index (κ1) is 8.94. The Bertz CT molecular complexity index is 438. The lowest BCUT2D eigenvalue weighted by atomic mass is 10.3. The molecule has 0 radical (unpaired) electrons. The van der Waals surface area contributed by atoms with Gasteiger partial charge in [0.1, 0.15) is 0 Å². The minimum atomic E-state index is 0.995. The minimum Gasteiger partial charge on any atom is -0.259 e. The van der Waals surface area contributed by atoms with Crippen LogP contribution >= 0.6 is 0 Å². The monoisotopic (exact) mass is 187 g/mol. The predicted octanol–water partition coefficient (Wildman–Crippen LogP) is 2.19. The molecule has 0 aliphatic heterocycles. The highest BCUT2D eigenvalue weighted by molar-refractivity contribution is 5.35. The molecule has 0 bridgehead atoms. The normalized spacial score (nSPS) is 10.5. The van der Waals surface area contributed by atoms with Crippen molar-refractivity contribution in [1.29, 1.82) is 0 Å². The summed E-state index contributed by atoms with van der Waals surface area (Å²) in [6.45, 7) is 6.06. The Morgan fingerprint density at radius 3 is 2.50 bits per heavy atom. The highest BCUT2D eigenvalue weighted by Gasteiger charge is 2.04. The molecule has 0 fully saturated rings. The van der Waals surface area contributed by atoms with Gasteiger partial charge in [-0.2, -0.15) is 5.10 Å². The summed E-state index contributed by atoms with van der Waals surface area (Å²) in [5, 5.41) is 4.42. The van der Waals surface area contributed by atoms with Gasteiger partial charge in [0.15, 0.2) is 0 Å². The summed E-state index contributed by atoms with van der Waals surface area (Å²) >= 11 is 0. The quantitative estimate of drug-likeness (QED) is 0.685. The summed E-state index contributed by atoms with van der Waals surface area (Å²) in [5.41, 5.74) is 4.31. The third kappa shape index (κ3) is 1.41. The maximum atomic E-state index is 4.42. The summed E-state index contributed by atoms with van der Waals surface area (Å²) in [5.74, 6) is 0. The first-order valence-electron chi connectivity index (χ1n) is 4.63. The second-order valence-corrected chi connectivity index (χ2v) is 3.45. The number of hydrogen-bond donors (Lipinski definition) is 0. The van der Waals surface area contributed by atoms with E-state index in [-0.39, 0.29) is 0 Å². The van der Waals surface area contributed by atoms with Gasteiger partial charge < -0.3 is 0 Å². The van der Waals surface area contributed by atoms with Crippen molar-refractivity contribution in [3.05, 3.63) is 41.5 Å². The fourth-order valence-corrected chi connectivity index (χ4v) is 1.39. The van der Waals surface area contributed by atoms with Gasteiger partial charge in [0, 0.05) is 12.4 Å². The van der Waals surface area contributed by atoms with Crippen LogP contribution in [0, 0.1) is 20.8 Å². The Labute approximate surface area is 83.4 Å². The second-order valence-electron chi connectivity index (χ2n) is 3.45. The standard InChI is InChI=1S/C11H13N3/c1-8-7-14(13-9(8)2)11-5-4-6-12-10(11)3/h4-7H,1-3H3. The third-order valence-corrected chi connectivity index (χ3v) is 2.37. The average Bonchev–Trinajstić information content (AvgIpc) is 2.48. The Morgan fingerprint density at radius 2 is 1.93 bits per heavy atom. The third-order valence-electron chi connectivity index (χ3n) is 2.37. The van der Waals surface area contributed by atoms with Gasteiger partial charge in [-0.05, 0) is 38.5 Å². The maximum Gasteiger partial charge on any atom is 0.0858 e. The molecule has 0 aromatic carbocycles. The van der Waals surface area contributed by atoms with Crippen LogP contribution in [-0.4, -0.2) is 14.8 Å². The van der Waals surface area contributed by atoms with Gasteiger partial charge in [0.25, 0.3) is 0 Å². The van der Waals surface area contributed by atoms with Gasteiger partial charge in [-0.25, -0.2) is 4.68 Å². The molecule has 2 aromatic rings.